The van der Waals surface area contributed by atoms with Crippen molar-refractivity contribution in [3.63, 3.8) is 0 Å². The summed E-state index contributed by atoms with van der Waals surface area (Å²) in [5, 5.41) is 19.4. The van der Waals surface area contributed by atoms with Crippen molar-refractivity contribution >= 4 is 5.97 Å². The Bertz CT molecular complexity index is 268. The Morgan fingerprint density at radius 3 is 2.50 bits per heavy atom. The molecule has 0 aromatic heterocycles. The Morgan fingerprint density at radius 1 is 1.44 bits per heavy atom. The second kappa shape index (κ2) is 4.67. The first-order valence-corrected chi connectivity index (χ1v) is 5.18. The predicted octanol–water partition coefficient (Wildman–Crippen LogP) is -1.22. The summed E-state index contributed by atoms with van der Waals surface area (Å²) < 4.78 is 10.3. The average Bonchev–Trinajstić information content (AvgIpc) is 2.18. The zero-order valence-electron chi connectivity index (χ0n) is 9.71. The molecule has 4 unspecified atom stereocenters. The maximum absolute atomic E-state index is 10.7. The third kappa shape index (κ3) is 2.70. The minimum atomic E-state index is -1.15. The fourth-order valence-electron chi connectivity index (χ4n) is 1.71. The molecular weight excluding hydrogens is 214 g/mol. The summed E-state index contributed by atoms with van der Waals surface area (Å²) in [4.78, 5) is 10.7. The molecule has 1 rings (SSSR count). The molecule has 0 aliphatic carbocycles. The van der Waals surface area contributed by atoms with Crippen molar-refractivity contribution < 1.29 is 24.5 Å². The van der Waals surface area contributed by atoms with Crippen LogP contribution in [0.25, 0.3) is 0 Å². The fourth-order valence-corrected chi connectivity index (χ4v) is 1.71. The maximum atomic E-state index is 10.7. The van der Waals surface area contributed by atoms with Gasteiger partial charge in [0, 0.05) is 6.92 Å². The van der Waals surface area contributed by atoms with E-state index in [1.54, 1.807) is 13.8 Å². The standard InChI is InChI=1S/C10H19NO5/c1-5(12)15-4-6-7(13)8(14)9(11)10(2,3)16-6/h6-9,13-14H,4,11H2,1-3H3. The van der Waals surface area contributed by atoms with Gasteiger partial charge in [0.2, 0.25) is 0 Å². The van der Waals surface area contributed by atoms with Crippen LogP contribution in [0.5, 0.6) is 0 Å². The molecule has 94 valence electrons. The first kappa shape index (κ1) is 13.4. The second-order valence-corrected chi connectivity index (χ2v) is 4.57. The van der Waals surface area contributed by atoms with Crippen LogP contribution < -0.4 is 5.73 Å². The molecule has 6 heteroatoms. The summed E-state index contributed by atoms with van der Waals surface area (Å²) in [7, 11) is 0. The number of nitrogens with two attached hydrogens (primary N) is 1. The third-order valence-corrected chi connectivity index (χ3v) is 2.81. The number of carbonyl (C=O) groups is 1. The number of hydrogen-bond acceptors (Lipinski definition) is 6. The summed E-state index contributed by atoms with van der Waals surface area (Å²) >= 11 is 0. The van der Waals surface area contributed by atoms with Gasteiger partial charge in [0.15, 0.2) is 0 Å². The maximum Gasteiger partial charge on any atom is 0.302 e. The van der Waals surface area contributed by atoms with Crippen LogP contribution in [0.4, 0.5) is 0 Å². The summed E-state index contributed by atoms with van der Waals surface area (Å²) in [6.45, 7) is 4.60. The number of rotatable bonds is 2. The molecule has 6 nitrogen and oxygen atoms in total. The van der Waals surface area contributed by atoms with Gasteiger partial charge in [-0.25, -0.2) is 0 Å². The van der Waals surface area contributed by atoms with Gasteiger partial charge in [0.05, 0.1) is 11.6 Å². The van der Waals surface area contributed by atoms with Gasteiger partial charge in [-0.05, 0) is 13.8 Å². The highest BCUT2D eigenvalue weighted by Gasteiger charge is 2.47. The SMILES string of the molecule is CC(=O)OCC1OC(C)(C)C(N)C(O)C1O. The van der Waals surface area contributed by atoms with Crippen LogP contribution in [0.15, 0.2) is 0 Å². The Labute approximate surface area is 94.3 Å². The van der Waals surface area contributed by atoms with E-state index in [2.05, 4.69) is 0 Å². The van der Waals surface area contributed by atoms with Crippen molar-refractivity contribution in [3.8, 4) is 0 Å². The predicted molar refractivity (Wildman–Crippen MR) is 55.6 cm³/mol. The largest absolute Gasteiger partial charge is 0.463 e. The van der Waals surface area contributed by atoms with Crippen molar-refractivity contribution in [3.05, 3.63) is 0 Å². The van der Waals surface area contributed by atoms with E-state index in [0.717, 1.165) is 0 Å². The average molecular weight is 233 g/mol. The molecular formula is C10H19NO5. The van der Waals surface area contributed by atoms with Gasteiger partial charge in [-0.1, -0.05) is 0 Å². The molecule has 0 amide bonds. The molecule has 16 heavy (non-hydrogen) atoms. The number of aliphatic hydroxyl groups excluding tert-OH is 2. The smallest absolute Gasteiger partial charge is 0.302 e. The zero-order valence-corrected chi connectivity index (χ0v) is 9.71. The fraction of sp³-hybridized carbons (Fsp3) is 0.900. The molecule has 0 aromatic carbocycles. The van der Waals surface area contributed by atoms with Crippen molar-refractivity contribution in [1.29, 1.82) is 0 Å². The van der Waals surface area contributed by atoms with Gasteiger partial charge in [-0.2, -0.15) is 0 Å². The van der Waals surface area contributed by atoms with E-state index in [1.807, 2.05) is 0 Å². The second-order valence-electron chi connectivity index (χ2n) is 4.57. The highest BCUT2D eigenvalue weighted by molar-refractivity contribution is 5.65. The van der Waals surface area contributed by atoms with Gasteiger partial charge < -0.3 is 25.4 Å². The summed E-state index contributed by atoms with van der Waals surface area (Å²) in [5.74, 6) is -0.460. The van der Waals surface area contributed by atoms with E-state index in [0.29, 0.717) is 0 Å². The molecule has 4 N–H and O–H groups in total. The topological polar surface area (TPSA) is 102 Å². The van der Waals surface area contributed by atoms with E-state index in [-0.39, 0.29) is 6.61 Å². The van der Waals surface area contributed by atoms with Gasteiger partial charge >= 0.3 is 5.97 Å². The van der Waals surface area contributed by atoms with Crippen molar-refractivity contribution in [2.45, 2.75) is 50.7 Å². The van der Waals surface area contributed by atoms with Crippen LogP contribution in [-0.4, -0.2) is 52.7 Å². The van der Waals surface area contributed by atoms with Crippen molar-refractivity contribution in [2.24, 2.45) is 5.73 Å². The molecule has 0 bridgehead atoms. The van der Waals surface area contributed by atoms with E-state index in [9.17, 15) is 15.0 Å². The van der Waals surface area contributed by atoms with Gasteiger partial charge in [0.1, 0.15) is 24.9 Å². The minimum Gasteiger partial charge on any atom is -0.463 e. The van der Waals surface area contributed by atoms with Crippen LogP contribution >= 0.6 is 0 Å². The number of carbonyl (C=O) groups excluding carboxylic acids is 1. The van der Waals surface area contributed by atoms with Gasteiger partial charge in [0.25, 0.3) is 0 Å². The summed E-state index contributed by atoms with van der Waals surface area (Å²) in [6.07, 6.45) is -3.00. The lowest BCUT2D eigenvalue weighted by Gasteiger charge is -2.46. The van der Waals surface area contributed by atoms with E-state index in [1.165, 1.54) is 6.92 Å². The zero-order chi connectivity index (χ0) is 12.5. The van der Waals surface area contributed by atoms with Crippen LogP contribution in [0.1, 0.15) is 20.8 Å². The van der Waals surface area contributed by atoms with Gasteiger partial charge in [-0.3, -0.25) is 4.79 Å². The monoisotopic (exact) mass is 233 g/mol. The Hall–Kier alpha value is -0.690. The molecule has 1 fully saturated rings. The van der Waals surface area contributed by atoms with Crippen molar-refractivity contribution in [1.82, 2.24) is 0 Å². The first-order chi connectivity index (χ1) is 7.25. The molecule has 0 saturated carbocycles. The highest BCUT2D eigenvalue weighted by atomic mass is 16.6. The number of aliphatic hydroxyl groups is 2. The summed E-state index contributed by atoms with van der Waals surface area (Å²) in [6, 6.07) is -0.684. The van der Waals surface area contributed by atoms with Crippen LogP contribution in [0, 0.1) is 0 Å². The van der Waals surface area contributed by atoms with Gasteiger partial charge in [-0.15, -0.1) is 0 Å². The molecule has 1 aliphatic heterocycles. The Balaban J connectivity index is 2.68. The lowest BCUT2D eigenvalue weighted by atomic mass is 9.86. The lowest BCUT2D eigenvalue weighted by Crippen LogP contribution is -2.66. The van der Waals surface area contributed by atoms with E-state index < -0.39 is 35.9 Å². The number of ether oxygens (including phenoxy) is 2. The Kier molecular flexibility index (Phi) is 3.90. The van der Waals surface area contributed by atoms with Crippen LogP contribution in [0.3, 0.4) is 0 Å². The molecule has 0 spiro atoms. The molecule has 4 atom stereocenters. The third-order valence-electron chi connectivity index (χ3n) is 2.81. The van der Waals surface area contributed by atoms with E-state index >= 15 is 0 Å². The van der Waals surface area contributed by atoms with Crippen LogP contribution in [0.2, 0.25) is 0 Å². The van der Waals surface area contributed by atoms with Crippen molar-refractivity contribution in [2.75, 3.05) is 6.61 Å². The van der Waals surface area contributed by atoms with E-state index in [4.69, 9.17) is 15.2 Å². The highest BCUT2D eigenvalue weighted by Crippen LogP contribution is 2.28. The molecule has 0 radical (unpaired) electrons. The quantitative estimate of drug-likeness (QED) is 0.516. The molecule has 1 heterocycles. The molecule has 1 saturated heterocycles. The number of hydrogen-bond donors (Lipinski definition) is 3. The lowest BCUT2D eigenvalue weighted by molar-refractivity contribution is -0.224. The van der Waals surface area contributed by atoms with Crippen LogP contribution in [-0.2, 0) is 14.3 Å². The minimum absolute atomic E-state index is 0.0935. The molecule has 0 aromatic rings. The Morgan fingerprint density at radius 2 is 2.00 bits per heavy atom. The molecule has 1 aliphatic rings. The number of esters is 1. The summed E-state index contributed by atoms with van der Waals surface area (Å²) in [5.41, 5.74) is 4.95. The first-order valence-electron chi connectivity index (χ1n) is 5.18. The normalized spacial score (nSPS) is 38.1.